The molecule has 0 amide bonds. The van der Waals surface area contributed by atoms with Gasteiger partial charge in [-0.3, -0.25) is 0 Å². The summed E-state index contributed by atoms with van der Waals surface area (Å²) in [5.74, 6) is 0. The van der Waals surface area contributed by atoms with Gasteiger partial charge in [-0.1, -0.05) is 52.9 Å². The molecule has 2 heteroatoms. The number of aliphatic hydroxyl groups is 1. The van der Waals surface area contributed by atoms with E-state index < -0.39 is 6.10 Å². The molecule has 0 radical (unpaired) electrons. The third-order valence-electron chi connectivity index (χ3n) is 1.40. The Morgan fingerprint density at radius 2 is 1.91 bits per heavy atom. The third kappa shape index (κ3) is 2.63. The van der Waals surface area contributed by atoms with Crippen LogP contribution in [0.5, 0.6) is 0 Å². The summed E-state index contributed by atoms with van der Waals surface area (Å²) < 4.78 is 1.81. The Morgan fingerprint density at radius 3 is 2.45 bits per heavy atom. The van der Waals surface area contributed by atoms with Crippen LogP contribution in [0.15, 0.2) is 40.5 Å². The summed E-state index contributed by atoms with van der Waals surface area (Å²) in [6, 6.07) is 9.58. The van der Waals surface area contributed by atoms with Crippen LogP contribution < -0.4 is 0 Å². The summed E-state index contributed by atoms with van der Waals surface area (Å²) in [4.78, 5) is 0. The minimum Gasteiger partial charge on any atom is -0.384 e. The highest BCUT2D eigenvalue weighted by molar-refractivity contribution is 14.1. The summed E-state index contributed by atoms with van der Waals surface area (Å²) in [5, 5.41) is 9.43. The average molecular weight is 260 g/mol. The molecule has 0 heterocycles. The number of rotatable bonds is 2. The maximum atomic E-state index is 9.43. The second kappa shape index (κ2) is 4.51. The van der Waals surface area contributed by atoms with Crippen LogP contribution >= 0.6 is 22.6 Å². The first-order chi connectivity index (χ1) is 5.34. The van der Waals surface area contributed by atoms with Gasteiger partial charge in [0.05, 0.1) is 6.10 Å². The molecular formula is C9H9IO. The lowest BCUT2D eigenvalue weighted by Crippen LogP contribution is -1.90. The van der Waals surface area contributed by atoms with Gasteiger partial charge in [0.2, 0.25) is 0 Å². The standard InChI is InChI=1S/C9H9IO/c10-7-6-9(11)8-4-2-1-3-5-8/h1-7,9,11H/b7-6-/t9-/m0/s1. The molecule has 11 heavy (non-hydrogen) atoms. The number of aliphatic hydroxyl groups excluding tert-OH is 1. The van der Waals surface area contributed by atoms with E-state index in [1.54, 1.807) is 6.08 Å². The Bertz CT molecular complexity index is 231. The van der Waals surface area contributed by atoms with Crippen LogP contribution in [-0.4, -0.2) is 5.11 Å². The smallest absolute Gasteiger partial charge is 0.0979 e. The van der Waals surface area contributed by atoms with Gasteiger partial charge in [0, 0.05) is 0 Å². The molecule has 1 rings (SSSR count). The molecule has 0 aliphatic heterocycles. The van der Waals surface area contributed by atoms with Gasteiger partial charge < -0.3 is 5.11 Å². The van der Waals surface area contributed by atoms with Crippen LogP contribution in [0.3, 0.4) is 0 Å². The van der Waals surface area contributed by atoms with Crippen molar-refractivity contribution in [2.24, 2.45) is 0 Å². The predicted octanol–water partition coefficient (Wildman–Crippen LogP) is 2.67. The molecule has 0 spiro atoms. The zero-order valence-corrected chi connectivity index (χ0v) is 8.10. The highest BCUT2D eigenvalue weighted by atomic mass is 127. The summed E-state index contributed by atoms with van der Waals surface area (Å²) in [7, 11) is 0. The molecule has 1 N–H and O–H groups in total. The molecule has 0 saturated carbocycles. The quantitative estimate of drug-likeness (QED) is 0.810. The van der Waals surface area contributed by atoms with E-state index in [0.717, 1.165) is 5.56 Å². The summed E-state index contributed by atoms with van der Waals surface area (Å²) >= 11 is 2.09. The van der Waals surface area contributed by atoms with Crippen LogP contribution in [-0.2, 0) is 0 Å². The molecule has 0 aromatic heterocycles. The van der Waals surface area contributed by atoms with Gasteiger partial charge in [-0.15, -0.1) is 0 Å². The molecule has 0 aliphatic carbocycles. The minimum atomic E-state index is -0.465. The second-order valence-electron chi connectivity index (χ2n) is 2.17. The lowest BCUT2D eigenvalue weighted by molar-refractivity contribution is 0.229. The molecule has 58 valence electrons. The van der Waals surface area contributed by atoms with Crippen molar-refractivity contribution in [2.75, 3.05) is 0 Å². The Hall–Kier alpha value is -0.350. The Morgan fingerprint density at radius 1 is 1.27 bits per heavy atom. The predicted molar refractivity (Wildman–Crippen MR) is 54.6 cm³/mol. The summed E-state index contributed by atoms with van der Waals surface area (Å²) in [6.07, 6.45) is 1.28. The monoisotopic (exact) mass is 260 g/mol. The zero-order chi connectivity index (χ0) is 8.10. The first-order valence-electron chi connectivity index (χ1n) is 3.34. The second-order valence-corrected chi connectivity index (χ2v) is 2.89. The highest BCUT2D eigenvalue weighted by Crippen LogP contribution is 2.13. The molecular weight excluding hydrogens is 251 g/mol. The fourth-order valence-corrected chi connectivity index (χ4v) is 1.22. The van der Waals surface area contributed by atoms with Gasteiger partial charge in [0.25, 0.3) is 0 Å². The summed E-state index contributed by atoms with van der Waals surface area (Å²) in [6.45, 7) is 0. The molecule has 1 aromatic carbocycles. The van der Waals surface area contributed by atoms with Crippen LogP contribution in [0.25, 0.3) is 0 Å². The van der Waals surface area contributed by atoms with E-state index in [1.807, 2.05) is 34.4 Å². The molecule has 1 atom stereocenters. The molecule has 0 unspecified atom stereocenters. The van der Waals surface area contributed by atoms with Gasteiger partial charge in [-0.2, -0.15) is 0 Å². The molecule has 1 nitrogen and oxygen atoms in total. The Labute approximate surface area is 79.9 Å². The maximum absolute atomic E-state index is 9.43. The lowest BCUT2D eigenvalue weighted by Gasteiger charge is -2.03. The van der Waals surface area contributed by atoms with Crippen molar-refractivity contribution in [2.45, 2.75) is 6.10 Å². The van der Waals surface area contributed by atoms with Crippen LogP contribution in [0.2, 0.25) is 0 Å². The van der Waals surface area contributed by atoms with Gasteiger partial charge in [0.15, 0.2) is 0 Å². The zero-order valence-electron chi connectivity index (χ0n) is 5.94. The molecule has 0 saturated heterocycles. The van der Waals surface area contributed by atoms with Crippen LogP contribution in [0.4, 0.5) is 0 Å². The van der Waals surface area contributed by atoms with Crippen molar-refractivity contribution in [3.05, 3.63) is 46.1 Å². The molecule has 0 aliphatic rings. The van der Waals surface area contributed by atoms with E-state index in [4.69, 9.17) is 0 Å². The van der Waals surface area contributed by atoms with E-state index in [-0.39, 0.29) is 0 Å². The molecule has 0 bridgehead atoms. The topological polar surface area (TPSA) is 20.2 Å². The van der Waals surface area contributed by atoms with E-state index in [2.05, 4.69) is 22.6 Å². The molecule has 0 fully saturated rings. The molecule has 1 aromatic rings. The fraction of sp³-hybridized carbons (Fsp3) is 0.111. The van der Waals surface area contributed by atoms with E-state index in [9.17, 15) is 5.11 Å². The third-order valence-corrected chi connectivity index (χ3v) is 1.81. The van der Waals surface area contributed by atoms with Gasteiger partial charge in [-0.05, 0) is 15.7 Å². The number of benzene rings is 1. The number of hydrogen-bond donors (Lipinski definition) is 1. The minimum absolute atomic E-state index is 0.465. The first kappa shape index (κ1) is 8.74. The lowest BCUT2D eigenvalue weighted by atomic mass is 10.1. The van der Waals surface area contributed by atoms with Gasteiger partial charge in [0.1, 0.15) is 0 Å². The van der Waals surface area contributed by atoms with Crippen molar-refractivity contribution < 1.29 is 5.11 Å². The number of hydrogen-bond acceptors (Lipinski definition) is 1. The van der Waals surface area contributed by atoms with Crippen molar-refractivity contribution in [3.63, 3.8) is 0 Å². The first-order valence-corrected chi connectivity index (χ1v) is 4.59. The largest absolute Gasteiger partial charge is 0.384 e. The van der Waals surface area contributed by atoms with Crippen molar-refractivity contribution in [3.8, 4) is 0 Å². The van der Waals surface area contributed by atoms with Crippen molar-refractivity contribution in [1.82, 2.24) is 0 Å². The van der Waals surface area contributed by atoms with Gasteiger partial charge in [-0.25, -0.2) is 0 Å². The maximum Gasteiger partial charge on any atom is 0.0979 e. The Kier molecular flexibility index (Phi) is 3.59. The van der Waals surface area contributed by atoms with E-state index in [0.29, 0.717) is 0 Å². The number of halogens is 1. The highest BCUT2D eigenvalue weighted by Gasteiger charge is 1.99. The summed E-state index contributed by atoms with van der Waals surface area (Å²) in [5.41, 5.74) is 0.931. The van der Waals surface area contributed by atoms with E-state index >= 15 is 0 Å². The fourth-order valence-electron chi connectivity index (χ4n) is 0.830. The SMILES string of the molecule is O[C@@H](/C=C\I)c1ccccc1. The van der Waals surface area contributed by atoms with Crippen molar-refractivity contribution >= 4 is 22.6 Å². The van der Waals surface area contributed by atoms with Crippen molar-refractivity contribution in [1.29, 1.82) is 0 Å². The van der Waals surface area contributed by atoms with E-state index in [1.165, 1.54) is 0 Å². The average Bonchev–Trinajstić information content (AvgIpc) is 2.07. The Balaban J connectivity index is 2.76. The normalized spacial score (nSPS) is 13.6. The van der Waals surface area contributed by atoms with Crippen LogP contribution in [0.1, 0.15) is 11.7 Å². The van der Waals surface area contributed by atoms with Crippen LogP contribution in [0, 0.1) is 0 Å². The van der Waals surface area contributed by atoms with Gasteiger partial charge >= 0.3 is 0 Å².